The summed E-state index contributed by atoms with van der Waals surface area (Å²) in [6, 6.07) is 0. The average Bonchev–Trinajstić information content (AvgIpc) is 1.85. The van der Waals surface area contributed by atoms with Gasteiger partial charge in [-0.25, -0.2) is 0 Å². The van der Waals surface area contributed by atoms with Crippen LogP contribution in [0.3, 0.4) is 0 Å². The van der Waals surface area contributed by atoms with Gasteiger partial charge in [0.25, 0.3) is 0 Å². The first-order chi connectivity index (χ1) is 4.95. The van der Waals surface area contributed by atoms with Crippen molar-refractivity contribution in [3.63, 3.8) is 0 Å². The summed E-state index contributed by atoms with van der Waals surface area (Å²) in [5.41, 5.74) is 0.788. The van der Waals surface area contributed by atoms with Crippen LogP contribution in [-0.2, 0) is 0 Å². The zero-order valence-electron chi connectivity index (χ0n) is 7.85. The number of allylic oxidation sites excluding steroid dienone is 2. The molecule has 0 aliphatic heterocycles. The van der Waals surface area contributed by atoms with E-state index in [1.54, 1.807) is 0 Å². The highest BCUT2D eigenvalue weighted by atomic mass is 16.3. The van der Waals surface area contributed by atoms with Crippen LogP contribution in [0.15, 0.2) is 11.6 Å². The van der Waals surface area contributed by atoms with Crippen molar-refractivity contribution in [3.05, 3.63) is 18.6 Å². The Balaban J connectivity index is 3.43. The molecular formula is C10H19O. The van der Waals surface area contributed by atoms with E-state index >= 15 is 0 Å². The third-order valence-corrected chi connectivity index (χ3v) is 1.71. The maximum atomic E-state index is 9.37. The molecule has 1 radical (unpaired) electrons. The van der Waals surface area contributed by atoms with Crippen molar-refractivity contribution in [3.8, 4) is 0 Å². The van der Waals surface area contributed by atoms with Gasteiger partial charge >= 0.3 is 0 Å². The Morgan fingerprint density at radius 2 is 2.09 bits per heavy atom. The summed E-state index contributed by atoms with van der Waals surface area (Å²) in [6.07, 6.45) is 4.83. The molecular weight excluding hydrogens is 136 g/mol. The van der Waals surface area contributed by atoms with Crippen molar-refractivity contribution in [1.29, 1.82) is 0 Å². The zero-order valence-corrected chi connectivity index (χ0v) is 7.85. The van der Waals surface area contributed by atoms with Crippen LogP contribution in [-0.4, -0.2) is 10.7 Å². The molecule has 1 N–H and O–H groups in total. The van der Waals surface area contributed by atoms with Gasteiger partial charge < -0.3 is 5.11 Å². The van der Waals surface area contributed by atoms with E-state index in [9.17, 15) is 5.11 Å². The zero-order chi connectivity index (χ0) is 8.91. The van der Waals surface area contributed by atoms with E-state index in [2.05, 4.69) is 13.8 Å². The molecule has 0 aliphatic rings. The number of hydrogen-bond donors (Lipinski definition) is 1. The second-order valence-corrected chi connectivity index (χ2v) is 3.72. The molecule has 0 aromatic heterocycles. The Bertz CT molecular complexity index is 128. The molecule has 0 fully saturated rings. The number of aliphatic hydroxyl groups is 1. The van der Waals surface area contributed by atoms with E-state index in [-0.39, 0.29) is 0 Å². The third-order valence-electron chi connectivity index (χ3n) is 1.71. The first kappa shape index (κ1) is 10.7. The Hall–Kier alpha value is -0.300. The SMILES string of the molecule is [CH2]/C=C(/C)CCCC(C)(C)O. The molecule has 0 spiro atoms. The van der Waals surface area contributed by atoms with Crippen molar-refractivity contribution in [2.75, 3.05) is 0 Å². The smallest absolute Gasteiger partial charge is 0.0591 e. The molecule has 0 unspecified atom stereocenters. The van der Waals surface area contributed by atoms with Gasteiger partial charge in [0.1, 0.15) is 0 Å². The standard InChI is InChI=1S/C10H19O/c1-5-9(2)7-6-8-10(3,4)11/h5,11H,1,6-8H2,2-4H3/b9-5-. The topological polar surface area (TPSA) is 20.2 Å². The van der Waals surface area contributed by atoms with E-state index in [1.165, 1.54) is 5.57 Å². The summed E-state index contributed by atoms with van der Waals surface area (Å²) >= 11 is 0. The van der Waals surface area contributed by atoms with Crippen LogP contribution in [0.5, 0.6) is 0 Å². The maximum Gasteiger partial charge on any atom is 0.0591 e. The average molecular weight is 155 g/mol. The lowest BCUT2D eigenvalue weighted by Gasteiger charge is -2.16. The van der Waals surface area contributed by atoms with Crippen LogP contribution in [0, 0.1) is 6.92 Å². The highest BCUT2D eigenvalue weighted by Crippen LogP contribution is 2.14. The predicted molar refractivity (Wildman–Crippen MR) is 49.3 cm³/mol. The first-order valence-corrected chi connectivity index (χ1v) is 4.13. The highest BCUT2D eigenvalue weighted by molar-refractivity contribution is 4.99. The van der Waals surface area contributed by atoms with Crippen molar-refractivity contribution < 1.29 is 5.11 Å². The molecule has 1 nitrogen and oxygen atoms in total. The normalized spacial score (nSPS) is 13.7. The highest BCUT2D eigenvalue weighted by Gasteiger charge is 2.10. The molecule has 0 saturated carbocycles. The molecule has 1 heteroatoms. The molecule has 0 amide bonds. The van der Waals surface area contributed by atoms with Gasteiger partial charge in [-0.15, -0.1) is 0 Å². The van der Waals surface area contributed by atoms with Gasteiger partial charge in [0.2, 0.25) is 0 Å². The lowest BCUT2D eigenvalue weighted by atomic mass is 9.99. The van der Waals surface area contributed by atoms with Crippen LogP contribution in [0.4, 0.5) is 0 Å². The lowest BCUT2D eigenvalue weighted by molar-refractivity contribution is 0.0689. The Kier molecular flexibility index (Phi) is 4.43. The summed E-state index contributed by atoms with van der Waals surface area (Å²) in [5.74, 6) is 0. The Morgan fingerprint density at radius 1 is 1.55 bits per heavy atom. The quantitative estimate of drug-likeness (QED) is 0.661. The summed E-state index contributed by atoms with van der Waals surface area (Å²) in [5, 5.41) is 9.37. The Labute approximate surface area is 70.1 Å². The van der Waals surface area contributed by atoms with Gasteiger partial charge in [-0.05, 0) is 47.0 Å². The molecule has 11 heavy (non-hydrogen) atoms. The number of hydrogen-bond acceptors (Lipinski definition) is 1. The maximum absolute atomic E-state index is 9.37. The summed E-state index contributed by atoms with van der Waals surface area (Å²) in [4.78, 5) is 0. The van der Waals surface area contributed by atoms with E-state index in [0.717, 1.165) is 19.3 Å². The molecule has 0 bridgehead atoms. The molecule has 0 atom stereocenters. The Morgan fingerprint density at radius 3 is 2.45 bits per heavy atom. The minimum atomic E-state index is -0.512. The van der Waals surface area contributed by atoms with Crippen molar-refractivity contribution in [1.82, 2.24) is 0 Å². The molecule has 0 aromatic carbocycles. The van der Waals surface area contributed by atoms with Gasteiger partial charge in [-0.2, -0.15) is 0 Å². The van der Waals surface area contributed by atoms with Crippen LogP contribution in [0.2, 0.25) is 0 Å². The van der Waals surface area contributed by atoms with Crippen LogP contribution in [0.1, 0.15) is 40.0 Å². The minimum absolute atomic E-state index is 0.512. The monoisotopic (exact) mass is 155 g/mol. The van der Waals surface area contributed by atoms with Gasteiger partial charge in [0.15, 0.2) is 0 Å². The minimum Gasteiger partial charge on any atom is -0.390 e. The largest absolute Gasteiger partial charge is 0.390 e. The third kappa shape index (κ3) is 7.60. The van der Waals surface area contributed by atoms with Crippen molar-refractivity contribution in [2.24, 2.45) is 0 Å². The van der Waals surface area contributed by atoms with Gasteiger partial charge in [0, 0.05) is 0 Å². The van der Waals surface area contributed by atoms with Crippen molar-refractivity contribution >= 4 is 0 Å². The molecule has 65 valence electrons. The molecule has 0 heterocycles. The second-order valence-electron chi connectivity index (χ2n) is 3.72. The van der Waals surface area contributed by atoms with Gasteiger partial charge in [-0.3, -0.25) is 0 Å². The molecule has 0 rings (SSSR count). The number of rotatable bonds is 4. The van der Waals surface area contributed by atoms with Gasteiger partial charge in [-0.1, -0.05) is 11.6 Å². The summed E-state index contributed by atoms with van der Waals surface area (Å²) in [6.45, 7) is 9.43. The van der Waals surface area contributed by atoms with E-state index in [1.807, 2.05) is 19.9 Å². The molecule has 0 aliphatic carbocycles. The van der Waals surface area contributed by atoms with E-state index in [0.29, 0.717) is 0 Å². The molecule has 0 saturated heterocycles. The van der Waals surface area contributed by atoms with E-state index in [4.69, 9.17) is 0 Å². The second kappa shape index (κ2) is 4.55. The van der Waals surface area contributed by atoms with Crippen LogP contribution in [0.25, 0.3) is 0 Å². The summed E-state index contributed by atoms with van der Waals surface area (Å²) in [7, 11) is 0. The fraction of sp³-hybridized carbons (Fsp3) is 0.700. The van der Waals surface area contributed by atoms with Crippen molar-refractivity contribution in [2.45, 2.75) is 45.6 Å². The first-order valence-electron chi connectivity index (χ1n) is 4.13. The van der Waals surface area contributed by atoms with Crippen LogP contribution < -0.4 is 0 Å². The van der Waals surface area contributed by atoms with E-state index < -0.39 is 5.60 Å². The van der Waals surface area contributed by atoms with Gasteiger partial charge in [0.05, 0.1) is 5.60 Å². The predicted octanol–water partition coefficient (Wildman–Crippen LogP) is 2.71. The fourth-order valence-corrected chi connectivity index (χ4v) is 0.902. The summed E-state index contributed by atoms with van der Waals surface area (Å²) < 4.78 is 0. The lowest BCUT2D eigenvalue weighted by Crippen LogP contribution is -2.17. The molecule has 0 aromatic rings. The van der Waals surface area contributed by atoms with Crippen LogP contribution >= 0.6 is 0 Å². The fourth-order valence-electron chi connectivity index (χ4n) is 0.902.